The number of hydrogen-bond donors (Lipinski definition) is 0. The summed E-state index contributed by atoms with van der Waals surface area (Å²) >= 11 is 0. The predicted octanol–water partition coefficient (Wildman–Crippen LogP) is 4.13. The number of nitrogens with zero attached hydrogens (tertiary/aromatic N) is 1. The van der Waals surface area contributed by atoms with Crippen LogP contribution >= 0.6 is 0 Å². The maximum atomic E-state index is 11.7. The topological polar surface area (TPSA) is 43.1 Å². The number of allylic oxidation sites excluding steroid dienone is 1. The normalized spacial score (nSPS) is 34.3. The smallest absolute Gasteiger partial charge is 0.258 e. The van der Waals surface area contributed by atoms with Crippen LogP contribution in [0.1, 0.15) is 37.7 Å². The first-order chi connectivity index (χ1) is 9.72. The van der Waals surface area contributed by atoms with Crippen LogP contribution in [-0.2, 0) is 0 Å². The zero-order chi connectivity index (χ0) is 13.7. The SMILES string of the molecule is O=[N+]([O-])C(=C1C2CC3CC(C2)CC1C3)c1ccccc1. The highest BCUT2D eigenvalue weighted by Gasteiger charge is 2.48. The summed E-state index contributed by atoms with van der Waals surface area (Å²) in [4.78, 5) is 11.5. The van der Waals surface area contributed by atoms with Gasteiger partial charge in [0.25, 0.3) is 5.70 Å². The van der Waals surface area contributed by atoms with Gasteiger partial charge in [-0.1, -0.05) is 18.2 Å². The highest BCUT2D eigenvalue weighted by Crippen LogP contribution is 2.57. The molecule has 1 aromatic rings. The lowest BCUT2D eigenvalue weighted by atomic mass is 9.53. The molecule has 4 aliphatic rings. The zero-order valence-electron chi connectivity index (χ0n) is 11.5. The number of benzene rings is 1. The molecule has 3 nitrogen and oxygen atoms in total. The molecule has 20 heavy (non-hydrogen) atoms. The van der Waals surface area contributed by atoms with Crippen LogP contribution < -0.4 is 0 Å². The Balaban J connectivity index is 1.84. The third kappa shape index (κ3) is 1.80. The fraction of sp³-hybridized carbons (Fsp3) is 0.529. The van der Waals surface area contributed by atoms with Crippen LogP contribution in [0.15, 0.2) is 35.9 Å². The molecule has 4 saturated carbocycles. The van der Waals surface area contributed by atoms with Gasteiger partial charge >= 0.3 is 0 Å². The maximum Gasteiger partial charge on any atom is 0.276 e. The zero-order valence-corrected chi connectivity index (χ0v) is 11.5. The van der Waals surface area contributed by atoms with Crippen LogP contribution in [0.5, 0.6) is 0 Å². The Morgan fingerprint density at radius 2 is 1.50 bits per heavy atom. The second-order valence-electron chi connectivity index (χ2n) is 6.73. The molecule has 0 spiro atoms. The van der Waals surface area contributed by atoms with Gasteiger partial charge in [0.2, 0.25) is 0 Å². The minimum atomic E-state index is -0.132. The van der Waals surface area contributed by atoms with Crippen LogP contribution in [-0.4, -0.2) is 4.92 Å². The van der Waals surface area contributed by atoms with Crippen molar-refractivity contribution in [1.82, 2.24) is 0 Å². The fourth-order valence-electron chi connectivity index (χ4n) is 5.05. The van der Waals surface area contributed by atoms with Crippen molar-refractivity contribution in [2.75, 3.05) is 0 Å². The Morgan fingerprint density at radius 3 is 2.00 bits per heavy atom. The van der Waals surface area contributed by atoms with Gasteiger partial charge in [-0.25, -0.2) is 0 Å². The van der Waals surface area contributed by atoms with Crippen molar-refractivity contribution in [2.24, 2.45) is 23.7 Å². The highest BCUT2D eigenvalue weighted by molar-refractivity contribution is 5.63. The van der Waals surface area contributed by atoms with E-state index in [1.54, 1.807) is 0 Å². The Hall–Kier alpha value is -1.64. The minimum Gasteiger partial charge on any atom is -0.258 e. The molecule has 1 aromatic carbocycles. The molecule has 0 unspecified atom stereocenters. The molecule has 0 amide bonds. The van der Waals surface area contributed by atoms with E-state index in [-0.39, 0.29) is 4.92 Å². The maximum absolute atomic E-state index is 11.7. The summed E-state index contributed by atoms with van der Waals surface area (Å²) < 4.78 is 0. The van der Waals surface area contributed by atoms with Crippen molar-refractivity contribution < 1.29 is 4.92 Å². The first-order valence-corrected chi connectivity index (χ1v) is 7.66. The van der Waals surface area contributed by atoms with Crippen LogP contribution in [0, 0.1) is 33.8 Å². The summed E-state index contributed by atoms with van der Waals surface area (Å²) in [6.07, 6.45) is 6.12. The summed E-state index contributed by atoms with van der Waals surface area (Å²) in [6.45, 7) is 0. The van der Waals surface area contributed by atoms with Gasteiger partial charge in [0.15, 0.2) is 0 Å². The number of rotatable bonds is 2. The molecule has 5 rings (SSSR count). The van der Waals surface area contributed by atoms with Crippen molar-refractivity contribution in [3.63, 3.8) is 0 Å². The standard InChI is InChI=1S/C17H19NO2/c19-18(20)17(13-4-2-1-3-5-13)16-14-7-11-6-12(9-14)10-15(16)8-11/h1-5,11-12,14-15H,6-10H2. The predicted molar refractivity (Wildman–Crippen MR) is 77.4 cm³/mol. The molecule has 4 bridgehead atoms. The summed E-state index contributed by atoms with van der Waals surface area (Å²) in [5.41, 5.74) is 2.38. The van der Waals surface area contributed by atoms with E-state index in [0.29, 0.717) is 17.5 Å². The van der Waals surface area contributed by atoms with E-state index >= 15 is 0 Å². The molecule has 0 atom stereocenters. The lowest BCUT2D eigenvalue weighted by Crippen LogP contribution is -2.41. The monoisotopic (exact) mass is 269 g/mol. The summed E-state index contributed by atoms with van der Waals surface area (Å²) in [7, 11) is 0. The van der Waals surface area contributed by atoms with E-state index in [0.717, 1.165) is 17.4 Å². The van der Waals surface area contributed by atoms with E-state index in [4.69, 9.17) is 0 Å². The first kappa shape index (κ1) is 12.1. The molecule has 0 aromatic heterocycles. The van der Waals surface area contributed by atoms with Crippen LogP contribution in [0.4, 0.5) is 0 Å². The van der Waals surface area contributed by atoms with Gasteiger partial charge < -0.3 is 0 Å². The molecule has 4 aliphatic carbocycles. The summed E-state index contributed by atoms with van der Waals surface area (Å²) in [5.74, 6) is 2.63. The van der Waals surface area contributed by atoms with Gasteiger partial charge in [-0.15, -0.1) is 0 Å². The van der Waals surface area contributed by atoms with Gasteiger partial charge in [-0.05, 0) is 67.9 Å². The molecular weight excluding hydrogens is 250 g/mol. The lowest BCUT2D eigenvalue weighted by molar-refractivity contribution is -0.377. The molecule has 0 aliphatic heterocycles. The van der Waals surface area contributed by atoms with Crippen LogP contribution in [0.3, 0.4) is 0 Å². The van der Waals surface area contributed by atoms with E-state index in [1.165, 1.54) is 37.7 Å². The fourth-order valence-corrected chi connectivity index (χ4v) is 5.05. The second-order valence-corrected chi connectivity index (χ2v) is 6.73. The minimum absolute atomic E-state index is 0.132. The van der Waals surface area contributed by atoms with Gasteiger partial charge in [-0.2, -0.15) is 0 Å². The van der Waals surface area contributed by atoms with Crippen molar-refractivity contribution in [3.8, 4) is 0 Å². The first-order valence-electron chi connectivity index (χ1n) is 7.66. The second kappa shape index (κ2) is 4.44. The highest BCUT2D eigenvalue weighted by atomic mass is 16.6. The van der Waals surface area contributed by atoms with Crippen molar-refractivity contribution in [3.05, 3.63) is 51.6 Å². The van der Waals surface area contributed by atoms with Crippen molar-refractivity contribution in [1.29, 1.82) is 0 Å². The summed E-state index contributed by atoms with van der Waals surface area (Å²) in [5, 5.41) is 11.7. The van der Waals surface area contributed by atoms with Crippen LogP contribution in [0.25, 0.3) is 5.70 Å². The van der Waals surface area contributed by atoms with Crippen molar-refractivity contribution in [2.45, 2.75) is 32.1 Å². The average Bonchev–Trinajstić information content (AvgIpc) is 2.42. The molecule has 0 radical (unpaired) electrons. The molecule has 3 heteroatoms. The number of hydrogen-bond acceptors (Lipinski definition) is 2. The Morgan fingerprint density at radius 1 is 0.950 bits per heavy atom. The van der Waals surface area contributed by atoms with E-state index in [2.05, 4.69) is 0 Å². The summed E-state index contributed by atoms with van der Waals surface area (Å²) in [6, 6.07) is 9.49. The van der Waals surface area contributed by atoms with Gasteiger partial charge in [0.05, 0.1) is 10.5 Å². The van der Waals surface area contributed by atoms with E-state index in [9.17, 15) is 10.1 Å². The van der Waals surface area contributed by atoms with Gasteiger partial charge in [0.1, 0.15) is 0 Å². The Labute approximate surface area is 118 Å². The molecule has 104 valence electrons. The third-order valence-corrected chi connectivity index (χ3v) is 5.52. The molecule has 4 fully saturated rings. The Bertz CT molecular complexity index is 546. The quantitative estimate of drug-likeness (QED) is 0.598. The molecule has 0 N–H and O–H groups in total. The Kier molecular flexibility index (Phi) is 2.69. The van der Waals surface area contributed by atoms with Crippen molar-refractivity contribution >= 4 is 5.70 Å². The molecular formula is C17H19NO2. The lowest BCUT2D eigenvalue weighted by Gasteiger charge is -2.50. The largest absolute Gasteiger partial charge is 0.276 e. The van der Waals surface area contributed by atoms with Crippen LogP contribution in [0.2, 0.25) is 0 Å². The third-order valence-electron chi connectivity index (χ3n) is 5.52. The molecule has 0 saturated heterocycles. The van der Waals surface area contributed by atoms with E-state index in [1.807, 2.05) is 30.3 Å². The number of nitro groups is 1. The average molecular weight is 269 g/mol. The van der Waals surface area contributed by atoms with Gasteiger partial charge in [0, 0.05) is 5.57 Å². The molecule has 0 heterocycles. The van der Waals surface area contributed by atoms with E-state index < -0.39 is 0 Å². The van der Waals surface area contributed by atoms with Gasteiger partial charge in [-0.3, -0.25) is 10.1 Å².